The van der Waals surface area contributed by atoms with E-state index in [9.17, 15) is 8.78 Å². The Bertz CT molecular complexity index is 484. The number of hydrogen-bond donors (Lipinski definition) is 1. The molecular formula is C18H27ClF2N2. The number of benzene rings is 1. The maximum absolute atomic E-state index is 13.3. The Morgan fingerprint density at radius 2 is 1.65 bits per heavy atom. The lowest BCUT2D eigenvalue weighted by Gasteiger charge is -2.35. The van der Waals surface area contributed by atoms with E-state index < -0.39 is 11.6 Å². The molecule has 2 saturated heterocycles. The minimum atomic E-state index is -0.749. The predicted octanol–water partition coefficient (Wildman–Crippen LogP) is 3.64. The van der Waals surface area contributed by atoms with Gasteiger partial charge in [-0.15, -0.1) is 12.4 Å². The highest BCUT2D eigenvalue weighted by Crippen LogP contribution is 2.24. The summed E-state index contributed by atoms with van der Waals surface area (Å²) in [7, 11) is 0. The standard InChI is InChI=1S/C18H26F2N2.ClH/c19-17-2-1-16(12-18(17)20)11-14-5-9-22(10-6-14)13-15-3-7-21-8-4-15;/h1-2,12,14-15,21H,3-11,13H2;1H. The molecule has 2 aliphatic heterocycles. The summed E-state index contributed by atoms with van der Waals surface area (Å²) in [6.07, 6.45) is 5.82. The fourth-order valence-corrected chi connectivity index (χ4v) is 3.80. The lowest BCUT2D eigenvalue weighted by Crippen LogP contribution is -2.40. The zero-order chi connectivity index (χ0) is 15.4. The van der Waals surface area contributed by atoms with Gasteiger partial charge >= 0.3 is 0 Å². The van der Waals surface area contributed by atoms with Crippen molar-refractivity contribution in [3.8, 4) is 0 Å². The molecule has 2 fully saturated rings. The first-order valence-electron chi connectivity index (χ1n) is 8.57. The molecule has 0 aromatic heterocycles. The number of halogens is 3. The maximum atomic E-state index is 13.3. The number of rotatable bonds is 4. The van der Waals surface area contributed by atoms with Gasteiger partial charge in [-0.25, -0.2) is 8.78 Å². The van der Waals surface area contributed by atoms with Gasteiger partial charge in [0.05, 0.1) is 0 Å². The van der Waals surface area contributed by atoms with Crippen molar-refractivity contribution >= 4 is 12.4 Å². The molecule has 1 N–H and O–H groups in total. The van der Waals surface area contributed by atoms with Gasteiger partial charge in [-0.1, -0.05) is 6.07 Å². The van der Waals surface area contributed by atoms with Crippen LogP contribution in [0.15, 0.2) is 18.2 Å². The summed E-state index contributed by atoms with van der Waals surface area (Å²) in [6, 6.07) is 4.33. The second kappa shape index (κ2) is 8.95. The molecule has 130 valence electrons. The number of likely N-dealkylation sites (tertiary alicyclic amines) is 1. The van der Waals surface area contributed by atoms with Gasteiger partial charge in [-0.3, -0.25) is 0 Å². The molecule has 3 rings (SSSR count). The Labute approximate surface area is 144 Å². The van der Waals surface area contributed by atoms with Gasteiger partial charge in [0.2, 0.25) is 0 Å². The van der Waals surface area contributed by atoms with Crippen molar-refractivity contribution in [3.63, 3.8) is 0 Å². The summed E-state index contributed by atoms with van der Waals surface area (Å²) >= 11 is 0. The normalized spacial score (nSPS) is 21.1. The van der Waals surface area contributed by atoms with Crippen molar-refractivity contribution < 1.29 is 8.78 Å². The molecule has 0 spiro atoms. The Kier molecular flexibility index (Phi) is 7.25. The molecule has 5 heteroatoms. The lowest BCUT2D eigenvalue weighted by atomic mass is 9.89. The van der Waals surface area contributed by atoms with Crippen LogP contribution in [0.2, 0.25) is 0 Å². The van der Waals surface area contributed by atoms with Crippen molar-refractivity contribution in [2.24, 2.45) is 11.8 Å². The average molecular weight is 345 g/mol. The van der Waals surface area contributed by atoms with Crippen LogP contribution in [0.1, 0.15) is 31.2 Å². The minimum absolute atomic E-state index is 0. The summed E-state index contributed by atoms with van der Waals surface area (Å²) in [5, 5.41) is 3.42. The number of hydrogen-bond acceptors (Lipinski definition) is 2. The van der Waals surface area contributed by atoms with Gasteiger partial charge in [0, 0.05) is 6.54 Å². The van der Waals surface area contributed by atoms with E-state index in [0.29, 0.717) is 5.92 Å². The van der Waals surface area contributed by atoms with E-state index in [1.807, 2.05) is 0 Å². The fourth-order valence-electron chi connectivity index (χ4n) is 3.80. The zero-order valence-electron chi connectivity index (χ0n) is 13.6. The Balaban J connectivity index is 0.00000192. The van der Waals surface area contributed by atoms with Crippen LogP contribution >= 0.6 is 12.4 Å². The van der Waals surface area contributed by atoms with Crippen LogP contribution in [-0.4, -0.2) is 37.6 Å². The molecule has 0 unspecified atom stereocenters. The first-order chi connectivity index (χ1) is 10.7. The molecule has 0 amide bonds. The van der Waals surface area contributed by atoms with Gasteiger partial charge in [0.1, 0.15) is 0 Å². The minimum Gasteiger partial charge on any atom is -0.317 e. The van der Waals surface area contributed by atoms with E-state index in [-0.39, 0.29) is 12.4 Å². The van der Waals surface area contributed by atoms with Crippen LogP contribution in [0.5, 0.6) is 0 Å². The predicted molar refractivity (Wildman–Crippen MR) is 92.1 cm³/mol. The lowest BCUT2D eigenvalue weighted by molar-refractivity contribution is 0.148. The van der Waals surface area contributed by atoms with E-state index in [4.69, 9.17) is 0 Å². The molecular weight excluding hydrogens is 318 g/mol. The average Bonchev–Trinajstić information content (AvgIpc) is 2.54. The largest absolute Gasteiger partial charge is 0.317 e. The maximum Gasteiger partial charge on any atom is 0.159 e. The van der Waals surface area contributed by atoms with E-state index in [2.05, 4.69) is 10.2 Å². The molecule has 0 atom stereocenters. The van der Waals surface area contributed by atoms with Gasteiger partial charge in [-0.2, -0.15) is 0 Å². The number of nitrogens with one attached hydrogen (secondary N) is 1. The van der Waals surface area contributed by atoms with Crippen LogP contribution in [0.4, 0.5) is 8.78 Å². The monoisotopic (exact) mass is 344 g/mol. The molecule has 1 aromatic rings. The second-order valence-electron chi connectivity index (χ2n) is 6.89. The Morgan fingerprint density at radius 1 is 0.957 bits per heavy atom. The van der Waals surface area contributed by atoms with Gasteiger partial charge in [0.25, 0.3) is 0 Å². The van der Waals surface area contributed by atoms with Crippen molar-refractivity contribution in [2.45, 2.75) is 32.1 Å². The third-order valence-electron chi connectivity index (χ3n) is 5.19. The second-order valence-corrected chi connectivity index (χ2v) is 6.89. The summed E-state index contributed by atoms with van der Waals surface area (Å²) in [4.78, 5) is 2.59. The van der Waals surface area contributed by atoms with Gasteiger partial charge in [0.15, 0.2) is 11.6 Å². The molecule has 23 heavy (non-hydrogen) atoms. The van der Waals surface area contributed by atoms with Crippen LogP contribution in [0.3, 0.4) is 0 Å². The van der Waals surface area contributed by atoms with Crippen molar-refractivity contribution in [1.82, 2.24) is 10.2 Å². The van der Waals surface area contributed by atoms with Crippen molar-refractivity contribution in [2.75, 3.05) is 32.7 Å². The Morgan fingerprint density at radius 3 is 2.30 bits per heavy atom. The summed E-state index contributed by atoms with van der Waals surface area (Å²) in [5.74, 6) is -0.0143. The van der Waals surface area contributed by atoms with E-state index >= 15 is 0 Å². The smallest absolute Gasteiger partial charge is 0.159 e. The molecule has 0 bridgehead atoms. The first-order valence-corrected chi connectivity index (χ1v) is 8.57. The van der Waals surface area contributed by atoms with Crippen LogP contribution in [-0.2, 0) is 6.42 Å². The topological polar surface area (TPSA) is 15.3 Å². The van der Waals surface area contributed by atoms with Crippen LogP contribution < -0.4 is 5.32 Å². The number of nitrogens with zero attached hydrogens (tertiary/aromatic N) is 1. The molecule has 2 heterocycles. The summed E-state index contributed by atoms with van der Waals surface area (Å²) in [5.41, 5.74) is 0.927. The van der Waals surface area contributed by atoms with Gasteiger partial charge < -0.3 is 10.2 Å². The zero-order valence-corrected chi connectivity index (χ0v) is 14.4. The molecule has 1 aromatic carbocycles. The summed E-state index contributed by atoms with van der Waals surface area (Å²) in [6.45, 7) is 5.87. The fraction of sp³-hybridized carbons (Fsp3) is 0.667. The molecule has 2 nitrogen and oxygen atoms in total. The highest BCUT2D eigenvalue weighted by Gasteiger charge is 2.23. The molecule has 0 radical (unpaired) electrons. The SMILES string of the molecule is Cl.Fc1ccc(CC2CCN(CC3CCNCC3)CC2)cc1F. The van der Waals surface area contributed by atoms with Crippen LogP contribution in [0.25, 0.3) is 0 Å². The van der Waals surface area contributed by atoms with Gasteiger partial charge in [-0.05, 0) is 87.8 Å². The van der Waals surface area contributed by atoms with E-state index in [1.165, 1.54) is 44.4 Å². The van der Waals surface area contributed by atoms with E-state index in [0.717, 1.165) is 44.1 Å². The third kappa shape index (κ3) is 5.40. The molecule has 0 saturated carbocycles. The van der Waals surface area contributed by atoms with Crippen LogP contribution in [0, 0.1) is 23.5 Å². The highest BCUT2D eigenvalue weighted by atomic mass is 35.5. The first kappa shape index (κ1) is 18.6. The number of piperidine rings is 2. The Hall–Kier alpha value is -0.710. The highest BCUT2D eigenvalue weighted by molar-refractivity contribution is 5.85. The molecule has 0 aliphatic carbocycles. The third-order valence-corrected chi connectivity index (χ3v) is 5.19. The quantitative estimate of drug-likeness (QED) is 0.897. The van der Waals surface area contributed by atoms with E-state index in [1.54, 1.807) is 6.07 Å². The molecule has 2 aliphatic rings. The van der Waals surface area contributed by atoms with Crippen molar-refractivity contribution in [3.05, 3.63) is 35.4 Å². The summed E-state index contributed by atoms with van der Waals surface area (Å²) < 4.78 is 26.2. The van der Waals surface area contributed by atoms with Crippen molar-refractivity contribution in [1.29, 1.82) is 0 Å².